The van der Waals surface area contributed by atoms with E-state index in [1.165, 1.54) is 160 Å². The van der Waals surface area contributed by atoms with Gasteiger partial charge >= 0.3 is 0 Å². The Balaban J connectivity index is 0.000000104. The van der Waals surface area contributed by atoms with Crippen LogP contribution in [0.5, 0.6) is 0 Å². The monoisotopic (exact) mass is 1250 g/mol. The van der Waals surface area contributed by atoms with E-state index in [1.807, 2.05) is 12.1 Å². The highest BCUT2D eigenvalue weighted by Gasteiger charge is 2.35. The van der Waals surface area contributed by atoms with Crippen LogP contribution >= 0.6 is 0 Å². The minimum atomic E-state index is 0.0760. The predicted octanol–water partition coefficient (Wildman–Crippen LogP) is 27.1. The Morgan fingerprint density at radius 3 is 1.21 bits per heavy atom. The van der Waals surface area contributed by atoms with E-state index in [-0.39, 0.29) is 5.41 Å². The first-order valence-electron chi connectivity index (χ1n) is 33.8. The molecule has 0 bridgehead atoms. The van der Waals surface area contributed by atoms with Crippen molar-refractivity contribution in [3.8, 4) is 66.8 Å². The highest BCUT2D eigenvalue weighted by Crippen LogP contribution is 2.49. The third kappa shape index (κ3) is 13.6. The number of rotatable bonds is 5. The lowest BCUT2D eigenvalue weighted by atomic mass is 9.81. The van der Waals surface area contributed by atoms with Crippen molar-refractivity contribution in [3.05, 3.63) is 385 Å². The van der Waals surface area contributed by atoms with E-state index in [2.05, 4.69) is 382 Å². The van der Waals surface area contributed by atoms with E-state index in [4.69, 9.17) is 4.42 Å². The van der Waals surface area contributed by atoms with E-state index in [0.717, 1.165) is 11.2 Å². The number of fused-ring (bicyclic) bond motifs is 11. The summed E-state index contributed by atoms with van der Waals surface area (Å²) in [6.45, 7) is 15.3. The summed E-state index contributed by atoms with van der Waals surface area (Å²) >= 11 is 0. The second-order valence-corrected chi connectivity index (χ2v) is 26.3. The summed E-state index contributed by atoms with van der Waals surface area (Å²) in [5.74, 6) is 0. The van der Waals surface area contributed by atoms with Gasteiger partial charge in [0, 0.05) is 16.2 Å². The van der Waals surface area contributed by atoms with Crippen molar-refractivity contribution >= 4 is 65.0 Å². The molecule has 1 nitrogen and oxygen atoms in total. The van der Waals surface area contributed by atoms with Gasteiger partial charge in [0.25, 0.3) is 0 Å². The first kappa shape index (κ1) is 62.8. The molecule has 0 atom stereocenters. The van der Waals surface area contributed by atoms with Crippen molar-refractivity contribution in [1.82, 2.24) is 0 Å². The number of hydrogen-bond donors (Lipinski definition) is 0. The molecule has 18 rings (SSSR count). The van der Waals surface area contributed by atoms with Gasteiger partial charge in [0.05, 0.1) is 0 Å². The van der Waals surface area contributed by atoms with Crippen LogP contribution in [0.1, 0.15) is 52.8 Å². The van der Waals surface area contributed by atoms with Crippen LogP contribution in [0.15, 0.2) is 350 Å². The van der Waals surface area contributed by atoms with Gasteiger partial charge in [-0.2, -0.15) is 0 Å². The van der Waals surface area contributed by atoms with E-state index in [0.29, 0.717) is 0 Å². The van der Waals surface area contributed by atoms with Gasteiger partial charge in [0.2, 0.25) is 0 Å². The molecule has 0 radical (unpaired) electrons. The Labute approximate surface area is 571 Å². The fraction of sp³-hybridized carbons (Fsp3) is 0.0833. The third-order valence-corrected chi connectivity index (χ3v) is 19.1. The predicted molar refractivity (Wildman–Crippen MR) is 418 cm³/mol. The van der Waals surface area contributed by atoms with Crippen LogP contribution in [0.4, 0.5) is 0 Å². The zero-order valence-electron chi connectivity index (χ0n) is 56.3. The first-order valence-corrected chi connectivity index (χ1v) is 33.8. The SMILES string of the molecule is Cc1ccc(-c2cc3ccccc3c3ccccc23)cc1.Cc1ccc(-c2ccc3c(c2)C(C)(C)c2ccccc2-3)cc1.Cc1ccc(-c2ccc3ccccc3c2)cc1.Cc1ccc(-c2ccc3oc4ccccc4c3c2)cc1.Cc1ccc(-c2cccc3ccccc23)cc1. The smallest absolute Gasteiger partial charge is 0.135 e. The summed E-state index contributed by atoms with van der Waals surface area (Å²) in [5, 5.41) is 12.8. The van der Waals surface area contributed by atoms with Gasteiger partial charge in [-0.1, -0.05) is 351 Å². The molecule has 0 fully saturated rings. The van der Waals surface area contributed by atoms with Gasteiger partial charge in [-0.25, -0.2) is 0 Å². The molecule has 0 saturated carbocycles. The number of furan rings is 1. The summed E-state index contributed by atoms with van der Waals surface area (Å²) < 4.78 is 5.86. The maximum absolute atomic E-state index is 5.86. The number of para-hydroxylation sites is 1. The molecule has 97 heavy (non-hydrogen) atoms. The topological polar surface area (TPSA) is 13.1 Å². The highest BCUT2D eigenvalue weighted by molar-refractivity contribution is 6.14. The van der Waals surface area contributed by atoms with Crippen molar-refractivity contribution < 1.29 is 4.42 Å². The molecule has 1 heterocycles. The van der Waals surface area contributed by atoms with Crippen molar-refractivity contribution in [2.24, 2.45) is 0 Å². The molecule has 0 saturated heterocycles. The molecule has 0 spiro atoms. The second-order valence-electron chi connectivity index (χ2n) is 26.3. The fourth-order valence-electron chi connectivity index (χ4n) is 13.6. The third-order valence-electron chi connectivity index (χ3n) is 19.1. The van der Waals surface area contributed by atoms with Crippen LogP contribution in [-0.2, 0) is 5.41 Å². The average molecular weight is 1250 g/mol. The Kier molecular flexibility index (Phi) is 18.0. The highest BCUT2D eigenvalue weighted by atomic mass is 16.3. The quantitative estimate of drug-likeness (QED) is 0.157. The number of hydrogen-bond acceptors (Lipinski definition) is 1. The minimum absolute atomic E-state index is 0.0760. The minimum Gasteiger partial charge on any atom is -0.456 e. The normalized spacial score (nSPS) is 11.7. The molecule has 1 heteroatoms. The molecule has 16 aromatic carbocycles. The van der Waals surface area contributed by atoms with Gasteiger partial charge in [-0.05, 0) is 192 Å². The van der Waals surface area contributed by atoms with Gasteiger partial charge in [-0.15, -0.1) is 0 Å². The second kappa shape index (κ2) is 27.7. The molecule has 468 valence electrons. The Morgan fingerprint density at radius 2 is 0.588 bits per heavy atom. The van der Waals surface area contributed by atoms with E-state index in [9.17, 15) is 0 Å². The van der Waals surface area contributed by atoms with Crippen molar-refractivity contribution in [3.63, 3.8) is 0 Å². The fourth-order valence-corrected chi connectivity index (χ4v) is 13.6. The van der Waals surface area contributed by atoms with E-state index < -0.39 is 0 Å². The molecule has 1 aromatic heterocycles. The van der Waals surface area contributed by atoms with Crippen LogP contribution in [0.3, 0.4) is 0 Å². The van der Waals surface area contributed by atoms with E-state index >= 15 is 0 Å². The van der Waals surface area contributed by atoms with Crippen molar-refractivity contribution in [2.45, 2.75) is 53.9 Å². The Hall–Kier alpha value is -11.6. The molecule has 0 amide bonds. The molecule has 0 aliphatic heterocycles. The molecular formula is C96H78O. The zero-order chi connectivity index (χ0) is 66.4. The van der Waals surface area contributed by atoms with Gasteiger partial charge in [0.15, 0.2) is 0 Å². The molecular weight excluding hydrogens is 1170 g/mol. The van der Waals surface area contributed by atoms with E-state index in [1.54, 1.807) is 0 Å². The Morgan fingerprint density at radius 1 is 0.196 bits per heavy atom. The maximum atomic E-state index is 5.86. The maximum Gasteiger partial charge on any atom is 0.135 e. The molecule has 0 unspecified atom stereocenters. The van der Waals surface area contributed by atoms with Crippen molar-refractivity contribution in [1.29, 1.82) is 0 Å². The number of benzene rings is 16. The largest absolute Gasteiger partial charge is 0.456 e. The van der Waals surface area contributed by atoms with Crippen LogP contribution in [0.2, 0.25) is 0 Å². The number of aryl methyl sites for hydroxylation is 5. The zero-order valence-corrected chi connectivity index (χ0v) is 56.3. The molecule has 17 aromatic rings. The summed E-state index contributed by atoms with van der Waals surface area (Å²) in [5.41, 5.74) is 26.9. The van der Waals surface area contributed by atoms with Crippen LogP contribution in [0, 0.1) is 34.6 Å². The summed E-state index contributed by atoms with van der Waals surface area (Å²) in [4.78, 5) is 0. The lowest BCUT2D eigenvalue weighted by molar-refractivity contribution is 0.660. The van der Waals surface area contributed by atoms with Gasteiger partial charge < -0.3 is 4.42 Å². The van der Waals surface area contributed by atoms with Crippen LogP contribution in [0.25, 0.3) is 132 Å². The van der Waals surface area contributed by atoms with Crippen LogP contribution in [-0.4, -0.2) is 0 Å². The van der Waals surface area contributed by atoms with Crippen LogP contribution < -0.4 is 0 Å². The summed E-state index contributed by atoms with van der Waals surface area (Å²) in [6.07, 6.45) is 0. The Bertz CT molecular complexity index is 5600. The van der Waals surface area contributed by atoms with Gasteiger partial charge in [-0.3, -0.25) is 0 Å². The molecule has 0 N–H and O–H groups in total. The summed E-state index contributed by atoms with van der Waals surface area (Å²) in [6, 6.07) is 124. The lowest BCUT2D eigenvalue weighted by Gasteiger charge is -2.22. The van der Waals surface area contributed by atoms with Crippen molar-refractivity contribution in [2.75, 3.05) is 0 Å². The standard InChI is InChI=1S/C22H20.C21H16.C19H14O.2C17H14/c1-15-8-10-16(11-9-15)17-12-13-19-18-6-4-5-7-20(18)22(2,3)21(19)14-17;1-15-10-12-16(13-11-15)21-14-17-6-2-3-7-18(17)19-8-4-5-9-20(19)21;1-13-6-8-14(9-7-13)15-10-11-19-17(12-15)16-4-2-3-5-18(16)20-19;1-13-9-11-15(12-10-13)17-8-4-6-14-5-2-3-7-16(14)17;1-13-6-8-15(9-7-13)17-11-10-14-4-2-3-5-16(14)12-17/h4-14H,1-3H3;2-14H,1H3;2-12H,1H3;2*2-12H,1H3. The lowest BCUT2D eigenvalue weighted by Crippen LogP contribution is -2.14. The molecule has 1 aliphatic rings. The first-order chi connectivity index (χ1) is 47.4. The summed E-state index contributed by atoms with van der Waals surface area (Å²) in [7, 11) is 0. The molecule has 1 aliphatic carbocycles. The van der Waals surface area contributed by atoms with Gasteiger partial charge in [0.1, 0.15) is 11.2 Å². The average Bonchev–Trinajstić information content (AvgIpc) is 1.64.